The molecule has 0 N–H and O–H groups in total. The van der Waals surface area contributed by atoms with Gasteiger partial charge in [-0.3, -0.25) is 4.79 Å². The maximum Gasteiger partial charge on any atom is 0.341 e. The normalized spacial score (nSPS) is 16.5. The van der Waals surface area contributed by atoms with Gasteiger partial charge in [0.1, 0.15) is 11.3 Å². The first-order valence-electron chi connectivity index (χ1n) is 10.1. The predicted octanol–water partition coefficient (Wildman–Crippen LogP) is 3.83. The van der Waals surface area contributed by atoms with E-state index in [0.29, 0.717) is 31.0 Å². The summed E-state index contributed by atoms with van der Waals surface area (Å²) in [6, 6.07) is 15.3. The van der Waals surface area contributed by atoms with Crippen LogP contribution in [0.1, 0.15) is 41.3 Å². The zero-order valence-electron chi connectivity index (χ0n) is 16.6. The number of fused-ring (bicyclic) bond motifs is 2. The molecule has 0 bridgehead atoms. The van der Waals surface area contributed by atoms with Gasteiger partial charge < -0.3 is 14.4 Å². The molecule has 1 aliphatic heterocycles. The molecule has 2 aliphatic rings. The predicted molar refractivity (Wildman–Crippen MR) is 111 cm³/mol. The highest BCUT2D eigenvalue weighted by Crippen LogP contribution is 2.43. The summed E-state index contributed by atoms with van der Waals surface area (Å²) in [5.41, 5.74) is 3.04. The lowest BCUT2D eigenvalue weighted by molar-refractivity contribution is -0.134. The summed E-state index contributed by atoms with van der Waals surface area (Å²) in [4.78, 5) is 26.6. The van der Waals surface area contributed by atoms with E-state index in [2.05, 4.69) is 36.4 Å². The number of carbonyl (C=O) groups is 2. The second kappa shape index (κ2) is 8.11. The highest BCUT2D eigenvalue weighted by molar-refractivity contribution is 5.92. The third kappa shape index (κ3) is 3.77. The van der Waals surface area contributed by atoms with Crippen LogP contribution in [0.3, 0.4) is 0 Å². The van der Waals surface area contributed by atoms with Gasteiger partial charge in [-0.05, 0) is 43.0 Å². The summed E-state index contributed by atoms with van der Waals surface area (Å²) in [7, 11) is 0. The van der Waals surface area contributed by atoms with E-state index in [1.165, 1.54) is 11.1 Å². The van der Waals surface area contributed by atoms with Crippen LogP contribution in [0, 0.1) is 0 Å². The van der Waals surface area contributed by atoms with E-state index in [0.717, 1.165) is 12.8 Å². The molecule has 1 spiro atoms. The highest BCUT2D eigenvalue weighted by Gasteiger charge is 2.38. The molecule has 0 unspecified atom stereocenters. The molecule has 150 valence electrons. The molecule has 29 heavy (non-hydrogen) atoms. The van der Waals surface area contributed by atoms with Crippen LogP contribution in [-0.2, 0) is 14.9 Å². The Morgan fingerprint density at radius 2 is 1.76 bits per heavy atom. The lowest BCUT2D eigenvalue weighted by Gasteiger charge is -2.39. The van der Waals surface area contributed by atoms with E-state index in [1.807, 2.05) is 4.90 Å². The van der Waals surface area contributed by atoms with Crippen LogP contribution in [0.15, 0.2) is 54.6 Å². The number of allylic oxidation sites excluding steroid dienone is 1. The number of ether oxygens (including phenoxy) is 2. The molecular weight excluding hydrogens is 366 g/mol. The van der Waals surface area contributed by atoms with E-state index < -0.39 is 5.97 Å². The van der Waals surface area contributed by atoms with Crippen molar-refractivity contribution in [2.24, 2.45) is 0 Å². The van der Waals surface area contributed by atoms with Crippen molar-refractivity contribution in [2.75, 3.05) is 26.3 Å². The molecule has 1 amide bonds. The Balaban J connectivity index is 1.36. The number of esters is 1. The number of piperidine rings is 1. The first kappa shape index (κ1) is 19.2. The number of amides is 1. The van der Waals surface area contributed by atoms with Gasteiger partial charge in [-0.1, -0.05) is 48.6 Å². The van der Waals surface area contributed by atoms with Crippen molar-refractivity contribution in [3.8, 4) is 5.75 Å². The summed E-state index contributed by atoms with van der Waals surface area (Å²) in [6.07, 6.45) is 6.31. The minimum Gasteiger partial charge on any atom is -0.483 e. The minimum atomic E-state index is -0.442. The van der Waals surface area contributed by atoms with Crippen LogP contribution in [0.5, 0.6) is 5.75 Å². The molecule has 1 heterocycles. The first-order valence-corrected chi connectivity index (χ1v) is 10.1. The zero-order valence-corrected chi connectivity index (χ0v) is 16.6. The largest absolute Gasteiger partial charge is 0.483 e. The van der Waals surface area contributed by atoms with E-state index >= 15 is 0 Å². The van der Waals surface area contributed by atoms with Crippen molar-refractivity contribution in [1.82, 2.24) is 4.90 Å². The molecule has 2 aromatic rings. The summed E-state index contributed by atoms with van der Waals surface area (Å²) >= 11 is 0. The number of likely N-dealkylation sites (tertiary alicyclic amines) is 1. The molecule has 1 saturated heterocycles. The fourth-order valence-corrected chi connectivity index (χ4v) is 4.23. The number of hydrogen-bond acceptors (Lipinski definition) is 4. The van der Waals surface area contributed by atoms with Crippen LogP contribution >= 0.6 is 0 Å². The Hall–Kier alpha value is -3.08. The van der Waals surface area contributed by atoms with Crippen LogP contribution in [-0.4, -0.2) is 43.1 Å². The fraction of sp³-hybridized carbons (Fsp3) is 0.333. The molecule has 5 nitrogen and oxygen atoms in total. The van der Waals surface area contributed by atoms with E-state index in [9.17, 15) is 9.59 Å². The number of hydrogen-bond donors (Lipinski definition) is 0. The smallest absolute Gasteiger partial charge is 0.341 e. The van der Waals surface area contributed by atoms with Gasteiger partial charge in [-0.2, -0.15) is 0 Å². The summed E-state index contributed by atoms with van der Waals surface area (Å²) in [5.74, 6) is -0.128. The van der Waals surface area contributed by atoms with Gasteiger partial charge in [0.15, 0.2) is 6.61 Å². The second-order valence-electron chi connectivity index (χ2n) is 7.46. The number of carbonyl (C=O) groups excluding carboxylic acids is 2. The van der Waals surface area contributed by atoms with Gasteiger partial charge in [0.05, 0.1) is 6.61 Å². The van der Waals surface area contributed by atoms with Crippen molar-refractivity contribution in [3.63, 3.8) is 0 Å². The van der Waals surface area contributed by atoms with E-state index in [-0.39, 0.29) is 17.9 Å². The van der Waals surface area contributed by atoms with Gasteiger partial charge in [0.2, 0.25) is 0 Å². The van der Waals surface area contributed by atoms with Crippen molar-refractivity contribution in [3.05, 3.63) is 71.3 Å². The third-order valence-electron chi connectivity index (χ3n) is 5.82. The molecule has 1 aliphatic carbocycles. The second-order valence-corrected chi connectivity index (χ2v) is 7.46. The summed E-state index contributed by atoms with van der Waals surface area (Å²) in [6.45, 7) is 3.35. The Morgan fingerprint density at radius 1 is 1.03 bits per heavy atom. The Bertz CT molecular complexity index is 941. The monoisotopic (exact) mass is 391 g/mol. The molecule has 0 atom stereocenters. The van der Waals surface area contributed by atoms with Crippen molar-refractivity contribution >= 4 is 18.0 Å². The van der Waals surface area contributed by atoms with Crippen LogP contribution in [0.4, 0.5) is 0 Å². The third-order valence-corrected chi connectivity index (χ3v) is 5.82. The Morgan fingerprint density at radius 3 is 2.55 bits per heavy atom. The average molecular weight is 391 g/mol. The highest BCUT2D eigenvalue weighted by atomic mass is 16.5. The SMILES string of the molecule is CCOC(=O)c1ccccc1OCC(=O)N1CCC2(C=Cc3ccccc32)CC1. The molecule has 0 radical (unpaired) electrons. The van der Waals surface area contributed by atoms with Crippen LogP contribution in [0.25, 0.3) is 6.08 Å². The van der Waals surface area contributed by atoms with Crippen molar-refractivity contribution < 1.29 is 19.1 Å². The van der Waals surface area contributed by atoms with Gasteiger partial charge in [0, 0.05) is 18.5 Å². The fourth-order valence-electron chi connectivity index (χ4n) is 4.23. The molecule has 4 rings (SSSR count). The molecule has 0 aromatic heterocycles. The molecular formula is C24H25NO4. The van der Waals surface area contributed by atoms with Gasteiger partial charge >= 0.3 is 5.97 Å². The van der Waals surface area contributed by atoms with E-state index in [1.54, 1.807) is 31.2 Å². The molecule has 1 fully saturated rings. The molecule has 0 saturated carbocycles. The van der Waals surface area contributed by atoms with Gasteiger partial charge in [-0.25, -0.2) is 4.79 Å². The maximum absolute atomic E-state index is 12.7. The number of para-hydroxylation sites is 1. The average Bonchev–Trinajstić information content (AvgIpc) is 3.11. The maximum atomic E-state index is 12.7. The Kier molecular flexibility index (Phi) is 5.38. The van der Waals surface area contributed by atoms with Gasteiger partial charge in [0.25, 0.3) is 5.91 Å². The number of benzene rings is 2. The number of nitrogens with zero attached hydrogens (tertiary/aromatic N) is 1. The van der Waals surface area contributed by atoms with Crippen molar-refractivity contribution in [1.29, 1.82) is 0 Å². The summed E-state index contributed by atoms with van der Waals surface area (Å²) < 4.78 is 10.7. The standard InChI is InChI=1S/C24H25NO4/c1-2-28-23(27)19-8-4-6-10-21(19)29-17-22(26)25-15-13-24(14-16-25)12-11-18-7-3-5-9-20(18)24/h3-12H,2,13-17H2,1H3. The zero-order chi connectivity index (χ0) is 20.3. The van der Waals surface area contributed by atoms with Gasteiger partial charge in [-0.15, -0.1) is 0 Å². The lowest BCUT2D eigenvalue weighted by atomic mass is 9.74. The Labute approximate surface area is 170 Å². The quantitative estimate of drug-likeness (QED) is 0.727. The topological polar surface area (TPSA) is 55.8 Å². The first-order chi connectivity index (χ1) is 14.1. The minimum absolute atomic E-state index is 0.0464. The number of rotatable bonds is 5. The van der Waals surface area contributed by atoms with Crippen LogP contribution < -0.4 is 4.74 Å². The van der Waals surface area contributed by atoms with Crippen molar-refractivity contribution in [2.45, 2.75) is 25.2 Å². The summed E-state index contributed by atoms with van der Waals surface area (Å²) in [5, 5.41) is 0. The lowest BCUT2D eigenvalue weighted by Crippen LogP contribution is -2.45. The van der Waals surface area contributed by atoms with E-state index in [4.69, 9.17) is 9.47 Å². The molecule has 2 aromatic carbocycles. The van der Waals surface area contributed by atoms with Crippen LogP contribution in [0.2, 0.25) is 0 Å². The molecule has 5 heteroatoms.